The number of fused-ring (bicyclic) bond motifs is 1. The van der Waals surface area contributed by atoms with Crippen LogP contribution in [0.4, 0.5) is 0 Å². The van der Waals surface area contributed by atoms with Crippen LogP contribution < -0.4 is 14.2 Å². The Morgan fingerprint density at radius 1 is 1.47 bits per heavy atom. The average Bonchev–Trinajstić information content (AvgIpc) is 2.81. The predicted octanol–water partition coefficient (Wildman–Crippen LogP) is 2.43. The molecule has 1 aromatic carbocycles. The van der Waals surface area contributed by atoms with Gasteiger partial charge in [0.25, 0.3) is 0 Å². The molecule has 5 heteroatoms. The quantitative estimate of drug-likeness (QED) is 0.899. The Morgan fingerprint density at radius 3 is 2.82 bits per heavy atom. The first-order valence-corrected chi connectivity index (χ1v) is 5.60. The van der Waals surface area contributed by atoms with Gasteiger partial charge in [-0.15, -0.1) is 0 Å². The van der Waals surface area contributed by atoms with Gasteiger partial charge in [-0.3, -0.25) is 0 Å². The molecule has 1 aliphatic heterocycles. The Balaban J connectivity index is 2.20. The highest BCUT2D eigenvalue weighted by Gasteiger charge is 2.17. The molecule has 1 heterocycles. The van der Waals surface area contributed by atoms with Gasteiger partial charge in [-0.05, 0) is 18.6 Å². The zero-order chi connectivity index (χ0) is 12.3. The van der Waals surface area contributed by atoms with Gasteiger partial charge in [0, 0.05) is 17.2 Å². The minimum absolute atomic E-state index is 0.115. The Morgan fingerprint density at radius 2 is 2.18 bits per heavy atom. The molecule has 92 valence electrons. The van der Waals surface area contributed by atoms with Crippen LogP contribution >= 0.6 is 11.6 Å². The average molecular weight is 257 g/mol. The number of rotatable bonds is 4. The lowest BCUT2D eigenvalue weighted by atomic mass is 10.2. The molecule has 1 aliphatic rings. The molecular weight excluding hydrogens is 244 g/mol. The summed E-state index contributed by atoms with van der Waals surface area (Å²) in [7, 11) is 0. The van der Waals surface area contributed by atoms with E-state index in [1.165, 1.54) is 5.54 Å². The highest BCUT2D eigenvalue weighted by atomic mass is 35.5. The summed E-state index contributed by atoms with van der Waals surface area (Å²) < 4.78 is 16.0. The summed E-state index contributed by atoms with van der Waals surface area (Å²) in [5, 5.41) is 9.26. The molecule has 0 spiro atoms. The van der Waals surface area contributed by atoms with Crippen molar-refractivity contribution in [3.8, 4) is 17.2 Å². The van der Waals surface area contributed by atoms with Gasteiger partial charge in [0.2, 0.25) is 6.79 Å². The van der Waals surface area contributed by atoms with Gasteiger partial charge in [-0.25, -0.2) is 0 Å². The minimum atomic E-state index is -0.115. The molecule has 0 bridgehead atoms. The first-order chi connectivity index (χ1) is 8.24. The van der Waals surface area contributed by atoms with Crippen molar-refractivity contribution < 1.29 is 19.3 Å². The van der Waals surface area contributed by atoms with Crippen LogP contribution in [0.25, 0.3) is 0 Å². The van der Waals surface area contributed by atoms with E-state index in [0.29, 0.717) is 29.4 Å². The van der Waals surface area contributed by atoms with Crippen LogP contribution in [0, 0.1) is 0 Å². The molecule has 1 N–H and O–H groups in total. The molecule has 0 saturated heterocycles. The van der Waals surface area contributed by atoms with Gasteiger partial charge in [0.05, 0.1) is 6.61 Å². The van der Waals surface area contributed by atoms with Crippen LogP contribution in [0.15, 0.2) is 23.2 Å². The molecule has 0 aromatic heterocycles. The molecular formula is C12H13ClO4. The van der Waals surface area contributed by atoms with E-state index in [9.17, 15) is 5.11 Å². The van der Waals surface area contributed by atoms with Crippen molar-refractivity contribution in [3.05, 3.63) is 28.8 Å². The molecule has 0 saturated carbocycles. The van der Waals surface area contributed by atoms with Gasteiger partial charge in [-0.1, -0.05) is 11.6 Å². The molecule has 2 rings (SSSR count). The van der Waals surface area contributed by atoms with Crippen LogP contribution in [-0.2, 0) is 6.61 Å². The van der Waals surface area contributed by atoms with E-state index in [-0.39, 0.29) is 13.4 Å². The number of aliphatic hydroxyl groups is 1. The minimum Gasteiger partial charge on any atom is -0.489 e. The smallest absolute Gasteiger partial charge is 0.231 e. The van der Waals surface area contributed by atoms with Crippen molar-refractivity contribution in [2.24, 2.45) is 0 Å². The van der Waals surface area contributed by atoms with Crippen molar-refractivity contribution in [3.63, 3.8) is 0 Å². The van der Waals surface area contributed by atoms with Crippen molar-refractivity contribution >= 4 is 11.6 Å². The van der Waals surface area contributed by atoms with E-state index in [1.54, 1.807) is 12.1 Å². The zero-order valence-electron chi connectivity index (χ0n) is 9.40. The number of hydrogen-bond acceptors (Lipinski definition) is 4. The SMILES string of the molecule is C/C(=C/Cl)COc1cc2c(cc1CO)OCO2. The summed E-state index contributed by atoms with van der Waals surface area (Å²) in [5.41, 5.74) is 3.02. The Hall–Kier alpha value is -1.39. The molecule has 0 atom stereocenters. The maximum Gasteiger partial charge on any atom is 0.231 e. The monoisotopic (exact) mass is 256 g/mol. The Kier molecular flexibility index (Phi) is 3.76. The van der Waals surface area contributed by atoms with Gasteiger partial charge < -0.3 is 19.3 Å². The van der Waals surface area contributed by atoms with Gasteiger partial charge >= 0.3 is 0 Å². The van der Waals surface area contributed by atoms with Gasteiger partial charge in [0.15, 0.2) is 11.5 Å². The second-order valence-electron chi connectivity index (χ2n) is 3.72. The lowest BCUT2D eigenvalue weighted by Gasteiger charge is -2.11. The third-order valence-electron chi connectivity index (χ3n) is 2.37. The molecule has 17 heavy (non-hydrogen) atoms. The lowest BCUT2D eigenvalue weighted by molar-refractivity contribution is 0.173. The van der Waals surface area contributed by atoms with Crippen LogP contribution in [0.2, 0.25) is 0 Å². The number of halogens is 1. The standard InChI is InChI=1S/C12H13ClO4/c1-8(4-13)6-15-10-3-12-11(16-7-17-12)2-9(10)5-14/h2-4,14H,5-7H2,1H3/b8-4-. The Labute approximate surface area is 104 Å². The molecule has 0 radical (unpaired) electrons. The van der Waals surface area contributed by atoms with E-state index < -0.39 is 0 Å². The second kappa shape index (κ2) is 5.29. The normalized spacial score (nSPS) is 13.9. The molecule has 0 aliphatic carbocycles. The van der Waals surface area contributed by atoms with Crippen molar-refractivity contribution in [1.82, 2.24) is 0 Å². The summed E-state index contributed by atoms with van der Waals surface area (Å²) >= 11 is 5.55. The Bertz CT molecular complexity index is 442. The third-order valence-corrected chi connectivity index (χ3v) is 2.74. The van der Waals surface area contributed by atoms with E-state index in [0.717, 1.165) is 5.57 Å². The van der Waals surface area contributed by atoms with Gasteiger partial charge in [0.1, 0.15) is 12.4 Å². The fraction of sp³-hybridized carbons (Fsp3) is 0.333. The number of hydrogen-bond donors (Lipinski definition) is 1. The first kappa shape index (κ1) is 12.1. The maximum absolute atomic E-state index is 9.26. The van der Waals surface area contributed by atoms with E-state index >= 15 is 0 Å². The molecule has 0 amide bonds. The van der Waals surface area contributed by atoms with Crippen molar-refractivity contribution in [2.75, 3.05) is 13.4 Å². The number of aliphatic hydroxyl groups excluding tert-OH is 1. The van der Waals surface area contributed by atoms with Crippen LogP contribution in [0.5, 0.6) is 17.2 Å². The maximum atomic E-state index is 9.26. The van der Waals surface area contributed by atoms with Gasteiger partial charge in [-0.2, -0.15) is 0 Å². The fourth-order valence-electron chi connectivity index (χ4n) is 1.45. The molecule has 1 aromatic rings. The van der Waals surface area contributed by atoms with E-state index in [4.69, 9.17) is 25.8 Å². The predicted molar refractivity (Wildman–Crippen MR) is 63.6 cm³/mol. The van der Waals surface area contributed by atoms with Crippen LogP contribution in [0.3, 0.4) is 0 Å². The number of benzene rings is 1. The zero-order valence-corrected chi connectivity index (χ0v) is 10.2. The summed E-state index contributed by atoms with van der Waals surface area (Å²) in [5.74, 6) is 1.84. The van der Waals surface area contributed by atoms with Crippen molar-refractivity contribution in [1.29, 1.82) is 0 Å². The highest BCUT2D eigenvalue weighted by molar-refractivity contribution is 6.25. The summed E-state index contributed by atoms with van der Waals surface area (Å²) in [6.45, 7) is 2.31. The lowest BCUT2D eigenvalue weighted by Crippen LogP contribution is -2.01. The fourth-order valence-corrected chi connectivity index (χ4v) is 1.51. The third kappa shape index (κ3) is 2.65. The molecule has 0 fully saturated rings. The largest absolute Gasteiger partial charge is 0.489 e. The highest BCUT2D eigenvalue weighted by Crippen LogP contribution is 2.38. The summed E-state index contributed by atoms with van der Waals surface area (Å²) in [6, 6.07) is 3.44. The van der Waals surface area contributed by atoms with E-state index in [2.05, 4.69) is 0 Å². The first-order valence-electron chi connectivity index (χ1n) is 5.16. The van der Waals surface area contributed by atoms with Crippen molar-refractivity contribution in [2.45, 2.75) is 13.5 Å². The van der Waals surface area contributed by atoms with Crippen LogP contribution in [0.1, 0.15) is 12.5 Å². The summed E-state index contributed by atoms with van der Waals surface area (Å²) in [4.78, 5) is 0. The molecule has 4 nitrogen and oxygen atoms in total. The van der Waals surface area contributed by atoms with E-state index in [1.807, 2.05) is 6.92 Å². The second-order valence-corrected chi connectivity index (χ2v) is 3.93. The van der Waals surface area contributed by atoms with Crippen LogP contribution in [-0.4, -0.2) is 18.5 Å². The topological polar surface area (TPSA) is 47.9 Å². The number of ether oxygens (including phenoxy) is 3. The molecule has 0 unspecified atom stereocenters. The summed E-state index contributed by atoms with van der Waals surface area (Å²) in [6.07, 6.45) is 0.